The average molecular weight is 653 g/mol. The molecule has 1 fully saturated rings. The van der Waals surface area contributed by atoms with Gasteiger partial charge in [0, 0.05) is 13.0 Å². The van der Waals surface area contributed by atoms with E-state index >= 15 is 0 Å². The average Bonchev–Trinajstić information content (AvgIpc) is 3.04. The van der Waals surface area contributed by atoms with E-state index in [4.69, 9.17) is 14.2 Å². The maximum absolute atomic E-state index is 14.6. The third-order valence-electron chi connectivity index (χ3n) is 7.81. The van der Waals surface area contributed by atoms with E-state index in [9.17, 15) is 27.9 Å². The van der Waals surface area contributed by atoms with E-state index < -0.39 is 44.2 Å². The van der Waals surface area contributed by atoms with Gasteiger partial charge in [0.05, 0.1) is 24.7 Å². The molecule has 0 radical (unpaired) electrons. The highest BCUT2D eigenvalue weighted by atomic mass is 32.2. The molecule has 0 aliphatic carbocycles. The second-order valence-electron chi connectivity index (χ2n) is 12.0. The largest absolute Gasteiger partial charge is 0.496 e. The Hall–Kier alpha value is -4.42. The van der Waals surface area contributed by atoms with Crippen molar-refractivity contribution < 1.29 is 42.1 Å². The van der Waals surface area contributed by atoms with Crippen molar-refractivity contribution in [1.82, 2.24) is 10.2 Å². The van der Waals surface area contributed by atoms with Crippen LogP contribution in [0.5, 0.6) is 11.5 Å². The van der Waals surface area contributed by atoms with Crippen LogP contribution in [-0.4, -0.2) is 80.1 Å². The first-order valence-electron chi connectivity index (χ1n) is 14.9. The minimum atomic E-state index is -4.40. The fraction of sp³-hybridized carbons (Fsp3) is 0.382. The van der Waals surface area contributed by atoms with Gasteiger partial charge in [-0.2, -0.15) is 0 Å². The second kappa shape index (κ2) is 13.9. The number of hydrogen-bond donors (Lipinski definition) is 2. The molecule has 0 saturated carbocycles. The number of carbonyl (C=O) groups excluding carboxylic acids is 2. The van der Waals surface area contributed by atoms with E-state index in [1.54, 1.807) is 83.5 Å². The third-order valence-corrected chi connectivity index (χ3v) is 10.3. The Kier molecular flexibility index (Phi) is 10.4. The summed E-state index contributed by atoms with van der Waals surface area (Å²) in [5, 5.41) is 13.5. The summed E-state index contributed by atoms with van der Waals surface area (Å²) in [6.07, 6.45) is -1.35. The minimum Gasteiger partial charge on any atom is -0.496 e. The van der Waals surface area contributed by atoms with Crippen LogP contribution in [0.1, 0.15) is 39.2 Å². The van der Waals surface area contributed by atoms with E-state index in [0.29, 0.717) is 40.5 Å². The SMILES string of the molecule is COc1cccc(OC)c1-c1ccc(C[C@@H](C(=O)O)N(C(=O)OC(C)(C)C)C(=O)C2(S(=O)(=O)c3ccccc3)CCCNC2)cc1. The van der Waals surface area contributed by atoms with Gasteiger partial charge in [-0.3, -0.25) is 4.79 Å². The number of rotatable bonds is 10. The summed E-state index contributed by atoms with van der Waals surface area (Å²) in [7, 11) is -1.32. The molecule has 2 atom stereocenters. The number of nitrogens with zero attached hydrogens (tertiary/aromatic N) is 1. The lowest BCUT2D eigenvalue weighted by atomic mass is 9.94. The first-order chi connectivity index (χ1) is 21.8. The van der Waals surface area contributed by atoms with Crippen LogP contribution >= 0.6 is 0 Å². The van der Waals surface area contributed by atoms with Crippen LogP contribution in [0.3, 0.4) is 0 Å². The number of carbonyl (C=O) groups is 3. The van der Waals surface area contributed by atoms with Crippen LogP contribution in [0.15, 0.2) is 77.7 Å². The zero-order valence-electron chi connectivity index (χ0n) is 26.6. The maximum atomic E-state index is 14.6. The standard InChI is InChI=1S/C34H40N2O9S/c1-33(2,3)45-32(40)36(31(39)34(19-10-20-35-22-34)46(41,42)25-11-7-6-8-12-25)26(30(37)38)21-23-15-17-24(18-16-23)29-27(43-4)13-9-14-28(29)44-5/h6-9,11-18,26,35H,10,19-22H2,1-5H3,(H,37,38)/t26-,34?/m0/s1. The number of ether oxygens (including phenoxy) is 3. The van der Waals surface area contributed by atoms with Crippen molar-refractivity contribution in [2.75, 3.05) is 27.3 Å². The lowest BCUT2D eigenvalue weighted by molar-refractivity contribution is -0.150. The first kappa shape index (κ1) is 34.5. The van der Waals surface area contributed by atoms with Crippen molar-refractivity contribution in [2.45, 2.75) is 61.3 Å². The molecule has 1 aliphatic heterocycles. The highest BCUT2D eigenvalue weighted by molar-refractivity contribution is 7.93. The van der Waals surface area contributed by atoms with Gasteiger partial charge in [0.2, 0.25) is 0 Å². The van der Waals surface area contributed by atoms with Crippen LogP contribution in [0.25, 0.3) is 11.1 Å². The van der Waals surface area contributed by atoms with Gasteiger partial charge in [-0.1, -0.05) is 48.5 Å². The molecular weight excluding hydrogens is 612 g/mol. The molecule has 11 nitrogen and oxygen atoms in total. The molecule has 3 aromatic carbocycles. The summed E-state index contributed by atoms with van der Waals surface area (Å²) in [5.41, 5.74) is 0.793. The minimum absolute atomic E-state index is 0.106. The van der Waals surface area contributed by atoms with Crippen molar-refractivity contribution in [1.29, 1.82) is 0 Å². The summed E-state index contributed by atoms with van der Waals surface area (Å²) >= 11 is 0. The van der Waals surface area contributed by atoms with Gasteiger partial charge in [0.1, 0.15) is 23.1 Å². The van der Waals surface area contributed by atoms with Crippen molar-refractivity contribution in [3.8, 4) is 22.6 Å². The van der Waals surface area contributed by atoms with E-state index in [1.807, 2.05) is 0 Å². The van der Waals surface area contributed by atoms with Gasteiger partial charge in [-0.05, 0) is 75.5 Å². The molecule has 46 heavy (non-hydrogen) atoms. The predicted octanol–water partition coefficient (Wildman–Crippen LogP) is 4.73. The molecule has 3 aromatic rings. The monoisotopic (exact) mass is 652 g/mol. The number of methoxy groups -OCH3 is 2. The van der Waals surface area contributed by atoms with E-state index in [2.05, 4.69) is 5.32 Å². The fourth-order valence-electron chi connectivity index (χ4n) is 5.57. The second-order valence-corrected chi connectivity index (χ2v) is 14.3. The Bertz CT molecular complexity index is 1640. The number of amides is 2. The molecule has 0 aromatic heterocycles. The highest BCUT2D eigenvalue weighted by Gasteiger charge is 2.57. The summed E-state index contributed by atoms with van der Waals surface area (Å²) in [5.74, 6) is -1.50. The molecule has 0 bridgehead atoms. The topological polar surface area (TPSA) is 149 Å². The molecule has 1 heterocycles. The van der Waals surface area contributed by atoms with Gasteiger partial charge in [0.15, 0.2) is 14.6 Å². The van der Waals surface area contributed by atoms with Crippen LogP contribution in [-0.2, 0) is 30.6 Å². The van der Waals surface area contributed by atoms with Crippen molar-refractivity contribution in [3.63, 3.8) is 0 Å². The Morgan fingerprint density at radius 2 is 1.54 bits per heavy atom. The van der Waals surface area contributed by atoms with E-state index in [1.165, 1.54) is 24.3 Å². The number of nitrogens with one attached hydrogen (secondary N) is 1. The third kappa shape index (κ3) is 7.02. The zero-order chi connectivity index (χ0) is 33.7. The predicted molar refractivity (Wildman–Crippen MR) is 172 cm³/mol. The number of sulfone groups is 1. The van der Waals surface area contributed by atoms with E-state index in [-0.39, 0.29) is 24.3 Å². The van der Waals surface area contributed by atoms with Gasteiger partial charge >= 0.3 is 12.1 Å². The summed E-state index contributed by atoms with van der Waals surface area (Å²) in [6.45, 7) is 4.88. The molecule has 0 spiro atoms. The lowest BCUT2D eigenvalue weighted by Crippen LogP contribution is -2.65. The Morgan fingerprint density at radius 3 is 2.04 bits per heavy atom. The molecule has 2 N–H and O–H groups in total. The van der Waals surface area contributed by atoms with Gasteiger partial charge in [-0.25, -0.2) is 22.9 Å². The molecule has 246 valence electrons. The van der Waals surface area contributed by atoms with Crippen LogP contribution in [0.2, 0.25) is 0 Å². The zero-order valence-corrected chi connectivity index (χ0v) is 27.4. The number of carboxylic acids is 1. The Labute approximate surface area is 269 Å². The molecule has 4 rings (SSSR count). The smallest absolute Gasteiger partial charge is 0.417 e. The Morgan fingerprint density at radius 1 is 0.935 bits per heavy atom. The number of piperidine rings is 1. The maximum Gasteiger partial charge on any atom is 0.417 e. The van der Waals surface area contributed by atoms with Crippen molar-refractivity contribution >= 4 is 27.8 Å². The summed E-state index contributed by atoms with van der Waals surface area (Å²) in [6, 6.07) is 17.9. The van der Waals surface area contributed by atoms with Crippen LogP contribution in [0.4, 0.5) is 4.79 Å². The van der Waals surface area contributed by atoms with E-state index in [0.717, 1.165) is 5.56 Å². The first-order valence-corrected chi connectivity index (χ1v) is 16.3. The number of hydrogen-bond acceptors (Lipinski definition) is 9. The number of carboxylic acid groups (broad SMARTS) is 1. The van der Waals surface area contributed by atoms with Crippen LogP contribution < -0.4 is 14.8 Å². The molecule has 1 aliphatic rings. The van der Waals surface area contributed by atoms with Crippen molar-refractivity contribution in [3.05, 3.63) is 78.4 Å². The van der Waals surface area contributed by atoms with Gasteiger partial charge in [0.25, 0.3) is 5.91 Å². The quantitative estimate of drug-likeness (QED) is 0.315. The number of imide groups is 1. The van der Waals surface area contributed by atoms with Crippen LogP contribution in [0, 0.1) is 0 Å². The van der Waals surface area contributed by atoms with Gasteiger partial charge in [-0.15, -0.1) is 0 Å². The lowest BCUT2D eigenvalue weighted by Gasteiger charge is -2.40. The molecule has 1 saturated heterocycles. The highest BCUT2D eigenvalue weighted by Crippen LogP contribution is 2.39. The molecule has 2 amide bonds. The fourth-order valence-corrected chi connectivity index (χ4v) is 7.57. The summed E-state index contributed by atoms with van der Waals surface area (Å²) < 4.78 is 42.8. The Balaban J connectivity index is 1.79. The van der Waals surface area contributed by atoms with Gasteiger partial charge < -0.3 is 24.6 Å². The summed E-state index contributed by atoms with van der Waals surface area (Å²) in [4.78, 5) is 41.6. The molecule has 1 unspecified atom stereocenters. The normalized spacial score (nSPS) is 17.4. The number of aliphatic carboxylic acids is 1. The molecule has 12 heteroatoms. The number of benzene rings is 3. The molecular formula is C34H40N2O9S. The van der Waals surface area contributed by atoms with Crippen molar-refractivity contribution in [2.24, 2.45) is 0 Å².